The average molecular weight is 238 g/mol. The SMILES string of the molecule is O=C([C@@H]1CCCN1)N(C1CCOCC1)C1CC1. The molecular formula is C13H22N2O2. The Kier molecular flexibility index (Phi) is 3.34. The highest BCUT2D eigenvalue weighted by Crippen LogP contribution is 2.32. The van der Waals surface area contributed by atoms with E-state index in [2.05, 4.69) is 10.2 Å². The monoisotopic (exact) mass is 238 g/mol. The van der Waals surface area contributed by atoms with Gasteiger partial charge in [0.15, 0.2) is 0 Å². The van der Waals surface area contributed by atoms with E-state index in [0.29, 0.717) is 18.0 Å². The second-order valence-electron chi connectivity index (χ2n) is 5.47. The van der Waals surface area contributed by atoms with Crippen LogP contribution >= 0.6 is 0 Å². The lowest BCUT2D eigenvalue weighted by atomic mass is 10.0. The highest BCUT2D eigenvalue weighted by molar-refractivity contribution is 5.83. The Balaban J connectivity index is 1.67. The molecule has 1 amide bonds. The maximum absolute atomic E-state index is 12.5. The summed E-state index contributed by atoms with van der Waals surface area (Å²) in [6.07, 6.45) is 6.61. The Morgan fingerprint density at radius 2 is 1.76 bits per heavy atom. The normalized spacial score (nSPS) is 30.5. The van der Waals surface area contributed by atoms with Gasteiger partial charge in [-0.15, -0.1) is 0 Å². The molecule has 1 atom stereocenters. The van der Waals surface area contributed by atoms with E-state index in [4.69, 9.17) is 4.74 Å². The zero-order chi connectivity index (χ0) is 11.7. The van der Waals surface area contributed by atoms with Crippen molar-refractivity contribution in [1.82, 2.24) is 10.2 Å². The molecule has 0 spiro atoms. The van der Waals surface area contributed by atoms with E-state index in [1.165, 1.54) is 12.8 Å². The molecular weight excluding hydrogens is 216 g/mol. The molecule has 3 fully saturated rings. The lowest BCUT2D eigenvalue weighted by Crippen LogP contribution is -2.51. The minimum absolute atomic E-state index is 0.0958. The first-order chi connectivity index (χ1) is 8.36. The highest BCUT2D eigenvalue weighted by atomic mass is 16.5. The molecule has 2 heterocycles. The lowest BCUT2D eigenvalue weighted by Gasteiger charge is -2.36. The molecule has 1 aliphatic carbocycles. The number of amides is 1. The van der Waals surface area contributed by atoms with Crippen LogP contribution in [0.25, 0.3) is 0 Å². The fourth-order valence-corrected chi connectivity index (χ4v) is 3.05. The molecule has 17 heavy (non-hydrogen) atoms. The summed E-state index contributed by atoms with van der Waals surface area (Å²) in [7, 11) is 0. The van der Waals surface area contributed by atoms with Crippen molar-refractivity contribution >= 4 is 5.91 Å². The third kappa shape index (κ3) is 2.47. The topological polar surface area (TPSA) is 41.6 Å². The van der Waals surface area contributed by atoms with Gasteiger partial charge >= 0.3 is 0 Å². The van der Waals surface area contributed by atoms with Crippen LogP contribution in [-0.4, -0.2) is 48.7 Å². The molecule has 96 valence electrons. The summed E-state index contributed by atoms with van der Waals surface area (Å²) in [5.41, 5.74) is 0. The number of hydrogen-bond acceptors (Lipinski definition) is 3. The zero-order valence-electron chi connectivity index (χ0n) is 10.4. The molecule has 0 aromatic rings. The number of ether oxygens (including phenoxy) is 1. The Morgan fingerprint density at radius 1 is 1.06 bits per heavy atom. The van der Waals surface area contributed by atoms with Gasteiger partial charge in [-0.3, -0.25) is 4.79 Å². The van der Waals surface area contributed by atoms with Gasteiger partial charge in [0.25, 0.3) is 0 Å². The molecule has 3 aliphatic rings. The van der Waals surface area contributed by atoms with Crippen molar-refractivity contribution in [1.29, 1.82) is 0 Å². The maximum Gasteiger partial charge on any atom is 0.240 e. The highest BCUT2D eigenvalue weighted by Gasteiger charge is 2.40. The van der Waals surface area contributed by atoms with Crippen molar-refractivity contribution in [2.45, 2.75) is 56.7 Å². The summed E-state index contributed by atoms with van der Waals surface area (Å²) < 4.78 is 5.40. The summed E-state index contributed by atoms with van der Waals surface area (Å²) >= 11 is 0. The van der Waals surface area contributed by atoms with E-state index < -0.39 is 0 Å². The second kappa shape index (κ2) is 4.94. The van der Waals surface area contributed by atoms with Crippen LogP contribution in [0.15, 0.2) is 0 Å². The molecule has 3 rings (SSSR count). The van der Waals surface area contributed by atoms with Crippen LogP contribution in [-0.2, 0) is 9.53 Å². The van der Waals surface area contributed by atoms with E-state index in [1.807, 2.05) is 0 Å². The fourth-order valence-electron chi connectivity index (χ4n) is 3.05. The summed E-state index contributed by atoms with van der Waals surface area (Å²) in [5.74, 6) is 0.358. The Hall–Kier alpha value is -0.610. The van der Waals surface area contributed by atoms with Gasteiger partial charge in [-0.2, -0.15) is 0 Å². The molecule has 2 saturated heterocycles. The van der Waals surface area contributed by atoms with Crippen LogP contribution in [0.2, 0.25) is 0 Å². The quantitative estimate of drug-likeness (QED) is 0.794. The molecule has 0 aromatic carbocycles. The fraction of sp³-hybridized carbons (Fsp3) is 0.923. The molecule has 4 nitrogen and oxygen atoms in total. The first kappa shape index (κ1) is 11.5. The van der Waals surface area contributed by atoms with Crippen LogP contribution in [0.1, 0.15) is 38.5 Å². The predicted octanol–water partition coefficient (Wildman–Crippen LogP) is 0.908. The number of hydrogen-bond donors (Lipinski definition) is 1. The first-order valence-electron chi connectivity index (χ1n) is 6.99. The van der Waals surface area contributed by atoms with Gasteiger partial charge in [-0.25, -0.2) is 0 Å². The average Bonchev–Trinajstić information content (AvgIpc) is 3.04. The minimum Gasteiger partial charge on any atom is -0.381 e. The van der Waals surface area contributed by atoms with E-state index in [9.17, 15) is 4.79 Å². The third-order valence-corrected chi connectivity index (χ3v) is 4.14. The molecule has 0 aromatic heterocycles. The van der Waals surface area contributed by atoms with E-state index in [1.54, 1.807) is 0 Å². The van der Waals surface area contributed by atoms with Crippen LogP contribution in [0.5, 0.6) is 0 Å². The summed E-state index contributed by atoms with van der Waals surface area (Å²) in [6, 6.07) is 1.07. The van der Waals surface area contributed by atoms with Gasteiger partial charge in [0, 0.05) is 25.3 Å². The Labute approximate surface area is 103 Å². The van der Waals surface area contributed by atoms with E-state index in [-0.39, 0.29) is 6.04 Å². The molecule has 1 N–H and O–H groups in total. The van der Waals surface area contributed by atoms with Crippen LogP contribution < -0.4 is 5.32 Å². The molecule has 2 aliphatic heterocycles. The number of nitrogens with one attached hydrogen (secondary N) is 1. The Morgan fingerprint density at radius 3 is 2.35 bits per heavy atom. The number of carbonyl (C=O) groups is 1. The van der Waals surface area contributed by atoms with Crippen molar-refractivity contribution in [3.63, 3.8) is 0 Å². The van der Waals surface area contributed by atoms with Gasteiger partial charge in [0.1, 0.15) is 0 Å². The summed E-state index contributed by atoms with van der Waals surface area (Å²) in [4.78, 5) is 14.7. The summed E-state index contributed by atoms with van der Waals surface area (Å²) in [6.45, 7) is 2.64. The summed E-state index contributed by atoms with van der Waals surface area (Å²) in [5, 5.41) is 3.34. The second-order valence-corrected chi connectivity index (χ2v) is 5.47. The van der Waals surface area contributed by atoms with Gasteiger partial charge < -0.3 is 15.0 Å². The molecule has 0 unspecified atom stereocenters. The molecule has 0 radical (unpaired) electrons. The van der Waals surface area contributed by atoms with Crippen LogP contribution in [0.3, 0.4) is 0 Å². The van der Waals surface area contributed by atoms with Crippen molar-refractivity contribution in [3.05, 3.63) is 0 Å². The molecule has 4 heteroatoms. The first-order valence-corrected chi connectivity index (χ1v) is 6.99. The largest absolute Gasteiger partial charge is 0.381 e. The molecule has 1 saturated carbocycles. The predicted molar refractivity (Wildman–Crippen MR) is 64.7 cm³/mol. The van der Waals surface area contributed by atoms with Gasteiger partial charge in [-0.05, 0) is 45.1 Å². The van der Waals surface area contributed by atoms with Gasteiger partial charge in [0.2, 0.25) is 5.91 Å². The standard InChI is InChI=1S/C13H22N2O2/c16-13(12-2-1-7-14-12)15(10-3-4-10)11-5-8-17-9-6-11/h10-12,14H,1-9H2/t12-/m0/s1. The van der Waals surface area contributed by atoms with E-state index >= 15 is 0 Å². The zero-order valence-corrected chi connectivity index (χ0v) is 10.4. The lowest BCUT2D eigenvalue weighted by molar-refractivity contribution is -0.138. The van der Waals surface area contributed by atoms with Crippen molar-refractivity contribution in [2.24, 2.45) is 0 Å². The van der Waals surface area contributed by atoms with Crippen LogP contribution in [0, 0.1) is 0 Å². The van der Waals surface area contributed by atoms with Crippen molar-refractivity contribution in [3.8, 4) is 0 Å². The maximum atomic E-state index is 12.5. The van der Waals surface area contributed by atoms with Gasteiger partial charge in [-0.1, -0.05) is 0 Å². The third-order valence-electron chi connectivity index (χ3n) is 4.14. The minimum atomic E-state index is 0.0958. The molecule has 0 bridgehead atoms. The van der Waals surface area contributed by atoms with Gasteiger partial charge in [0.05, 0.1) is 6.04 Å². The van der Waals surface area contributed by atoms with Crippen molar-refractivity contribution in [2.75, 3.05) is 19.8 Å². The van der Waals surface area contributed by atoms with Crippen molar-refractivity contribution < 1.29 is 9.53 Å². The van der Waals surface area contributed by atoms with Crippen LogP contribution in [0.4, 0.5) is 0 Å². The number of rotatable bonds is 3. The van der Waals surface area contributed by atoms with E-state index in [0.717, 1.165) is 45.4 Å². The smallest absolute Gasteiger partial charge is 0.240 e. The number of carbonyl (C=O) groups excluding carboxylic acids is 1. The Bertz CT molecular complexity index is 279. The number of nitrogens with zero attached hydrogens (tertiary/aromatic N) is 1.